The third-order valence-corrected chi connectivity index (χ3v) is 6.26. The first-order valence-corrected chi connectivity index (χ1v) is 10.5. The molecule has 2 aliphatic rings. The number of nitrogens with zero attached hydrogens (tertiary/aromatic N) is 5. The van der Waals surface area contributed by atoms with Gasteiger partial charge in [0.25, 0.3) is 5.91 Å². The van der Waals surface area contributed by atoms with E-state index in [0.717, 1.165) is 50.8 Å². The van der Waals surface area contributed by atoms with E-state index in [1.807, 2.05) is 11.8 Å². The zero-order chi connectivity index (χ0) is 21.0. The van der Waals surface area contributed by atoms with Crippen LogP contribution >= 0.6 is 0 Å². The Bertz CT molecular complexity index is 797. The van der Waals surface area contributed by atoms with Crippen LogP contribution in [0.5, 0.6) is 0 Å². The number of rotatable bonds is 5. The minimum absolute atomic E-state index is 0.0786. The van der Waals surface area contributed by atoms with Gasteiger partial charge in [0.15, 0.2) is 0 Å². The van der Waals surface area contributed by atoms with Crippen LogP contribution in [0.4, 0.5) is 5.95 Å². The number of carbonyl (C=O) groups is 2. The molecular formula is C21H30N6O2. The summed E-state index contributed by atoms with van der Waals surface area (Å²) in [5.74, 6) is 0.218. The van der Waals surface area contributed by atoms with Gasteiger partial charge in [0.2, 0.25) is 11.9 Å². The minimum atomic E-state index is -0.291. The molecule has 1 aromatic rings. The van der Waals surface area contributed by atoms with E-state index in [4.69, 9.17) is 10.7 Å². The molecule has 8 nitrogen and oxygen atoms in total. The molecule has 1 unspecified atom stereocenters. The molecule has 0 aromatic carbocycles. The third kappa shape index (κ3) is 4.66. The topological polar surface area (TPSA) is 116 Å². The van der Waals surface area contributed by atoms with Gasteiger partial charge < -0.3 is 15.5 Å². The Morgan fingerprint density at radius 3 is 2.66 bits per heavy atom. The van der Waals surface area contributed by atoms with E-state index in [1.165, 1.54) is 0 Å². The summed E-state index contributed by atoms with van der Waals surface area (Å²) in [6.07, 6.45) is 6.61. The summed E-state index contributed by atoms with van der Waals surface area (Å²) in [6, 6.07) is 2.36. The highest BCUT2D eigenvalue weighted by molar-refractivity contribution is 5.95. The summed E-state index contributed by atoms with van der Waals surface area (Å²) in [6.45, 7) is 3.82. The van der Waals surface area contributed by atoms with Crippen LogP contribution in [0, 0.1) is 23.2 Å². The summed E-state index contributed by atoms with van der Waals surface area (Å²) < 4.78 is 0. The lowest BCUT2D eigenvalue weighted by molar-refractivity contribution is -0.122. The van der Waals surface area contributed by atoms with Crippen molar-refractivity contribution in [1.29, 1.82) is 5.26 Å². The lowest BCUT2D eigenvalue weighted by Crippen LogP contribution is -2.42. The average molecular weight is 399 g/mol. The number of hydrogen-bond acceptors (Lipinski definition) is 6. The first kappa shape index (κ1) is 21.0. The fourth-order valence-electron chi connectivity index (χ4n) is 4.25. The van der Waals surface area contributed by atoms with Crippen LogP contribution in [-0.2, 0) is 4.79 Å². The quantitative estimate of drug-likeness (QED) is 0.811. The Morgan fingerprint density at radius 2 is 2.03 bits per heavy atom. The number of piperidine rings is 1. The van der Waals surface area contributed by atoms with E-state index >= 15 is 0 Å². The van der Waals surface area contributed by atoms with Crippen LogP contribution in [0.25, 0.3) is 0 Å². The Balaban J connectivity index is 1.91. The number of aromatic nitrogens is 2. The fraction of sp³-hybridized carbons (Fsp3) is 0.667. The molecular weight excluding hydrogens is 368 g/mol. The first-order valence-electron chi connectivity index (χ1n) is 10.5. The molecule has 1 saturated heterocycles. The van der Waals surface area contributed by atoms with Gasteiger partial charge >= 0.3 is 0 Å². The van der Waals surface area contributed by atoms with Crippen molar-refractivity contribution < 1.29 is 9.59 Å². The SMILES string of the molecule is CCN(C)C(=O)c1cnc(N2CCCC(C(N)=O)C2)nc1C1CCC(C#N)CC1. The van der Waals surface area contributed by atoms with Crippen LogP contribution in [0.15, 0.2) is 6.20 Å². The highest BCUT2D eigenvalue weighted by atomic mass is 16.2. The van der Waals surface area contributed by atoms with Crippen LogP contribution < -0.4 is 10.6 Å². The molecule has 156 valence electrons. The smallest absolute Gasteiger partial charge is 0.257 e. The fourth-order valence-corrected chi connectivity index (χ4v) is 4.25. The molecule has 1 saturated carbocycles. The Kier molecular flexibility index (Phi) is 6.68. The van der Waals surface area contributed by atoms with Crippen LogP contribution in [0.2, 0.25) is 0 Å². The predicted molar refractivity (Wildman–Crippen MR) is 109 cm³/mol. The number of nitrogens with two attached hydrogens (primary N) is 1. The molecule has 2 N–H and O–H groups in total. The van der Waals surface area contributed by atoms with Crippen molar-refractivity contribution >= 4 is 17.8 Å². The zero-order valence-corrected chi connectivity index (χ0v) is 17.3. The second-order valence-electron chi connectivity index (χ2n) is 8.15. The second kappa shape index (κ2) is 9.21. The van der Waals surface area contributed by atoms with E-state index in [9.17, 15) is 14.9 Å². The normalized spacial score (nSPS) is 24.6. The van der Waals surface area contributed by atoms with Gasteiger partial charge in [-0.15, -0.1) is 0 Å². The van der Waals surface area contributed by atoms with E-state index < -0.39 is 0 Å². The van der Waals surface area contributed by atoms with Crippen molar-refractivity contribution in [3.8, 4) is 6.07 Å². The molecule has 0 spiro atoms. The van der Waals surface area contributed by atoms with Gasteiger partial charge in [0.1, 0.15) is 0 Å². The molecule has 0 radical (unpaired) electrons. The van der Waals surface area contributed by atoms with Gasteiger partial charge in [-0.25, -0.2) is 9.97 Å². The maximum atomic E-state index is 12.9. The van der Waals surface area contributed by atoms with Gasteiger partial charge in [-0.3, -0.25) is 9.59 Å². The van der Waals surface area contributed by atoms with Gasteiger partial charge in [0.05, 0.1) is 23.2 Å². The van der Waals surface area contributed by atoms with E-state index in [0.29, 0.717) is 24.6 Å². The number of nitriles is 1. The molecule has 2 fully saturated rings. The number of hydrogen-bond donors (Lipinski definition) is 1. The largest absolute Gasteiger partial charge is 0.369 e. The molecule has 1 aliphatic heterocycles. The van der Waals surface area contributed by atoms with Crippen molar-refractivity contribution in [2.45, 2.75) is 51.4 Å². The Morgan fingerprint density at radius 1 is 1.31 bits per heavy atom. The standard InChI is InChI=1S/C21H30N6O2/c1-3-26(2)20(29)17-12-24-21(27-10-4-5-16(13-27)19(23)28)25-18(17)15-8-6-14(11-22)7-9-15/h12,14-16H,3-10,13H2,1-2H3,(H2,23,28). The van der Waals surface area contributed by atoms with Crippen molar-refractivity contribution in [1.82, 2.24) is 14.9 Å². The van der Waals surface area contributed by atoms with Gasteiger partial charge in [-0.05, 0) is 45.4 Å². The first-order chi connectivity index (χ1) is 13.9. The van der Waals surface area contributed by atoms with Crippen LogP contribution in [0.1, 0.15) is 67.4 Å². The summed E-state index contributed by atoms with van der Waals surface area (Å²) in [5.41, 5.74) is 6.83. The number of carbonyl (C=O) groups excluding carboxylic acids is 2. The molecule has 8 heteroatoms. The van der Waals surface area contributed by atoms with E-state index in [-0.39, 0.29) is 29.6 Å². The Labute approximate surface area is 172 Å². The highest BCUT2D eigenvalue weighted by Crippen LogP contribution is 2.37. The maximum absolute atomic E-state index is 12.9. The van der Waals surface area contributed by atoms with Crippen molar-refractivity contribution in [2.24, 2.45) is 17.6 Å². The van der Waals surface area contributed by atoms with Gasteiger partial charge in [-0.2, -0.15) is 5.26 Å². The average Bonchev–Trinajstić information content (AvgIpc) is 2.77. The van der Waals surface area contributed by atoms with Crippen LogP contribution in [0.3, 0.4) is 0 Å². The summed E-state index contributed by atoms with van der Waals surface area (Å²) >= 11 is 0. The summed E-state index contributed by atoms with van der Waals surface area (Å²) in [5, 5.41) is 9.20. The lowest BCUT2D eigenvalue weighted by Gasteiger charge is -2.32. The van der Waals surface area contributed by atoms with Gasteiger partial charge in [-0.1, -0.05) is 0 Å². The van der Waals surface area contributed by atoms with Gasteiger partial charge in [0, 0.05) is 44.7 Å². The monoisotopic (exact) mass is 398 g/mol. The van der Waals surface area contributed by atoms with Crippen molar-refractivity contribution in [3.05, 3.63) is 17.5 Å². The van der Waals surface area contributed by atoms with Crippen molar-refractivity contribution in [2.75, 3.05) is 31.6 Å². The number of amides is 2. The summed E-state index contributed by atoms with van der Waals surface area (Å²) in [7, 11) is 1.77. The third-order valence-electron chi connectivity index (χ3n) is 6.26. The molecule has 1 aromatic heterocycles. The molecule has 0 bridgehead atoms. The highest BCUT2D eigenvalue weighted by Gasteiger charge is 2.30. The maximum Gasteiger partial charge on any atom is 0.257 e. The molecule has 29 heavy (non-hydrogen) atoms. The number of primary amides is 1. The summed E-state index contributed by atoms with van der Waals surface area (Å²) in [4.78, 5) is 37.5. The molecule has 2 heterocycles. The molecule has 1 aliphatic carbocycles. The molecule has 2 amide bonds. The predicted octanol–water partition coefficient (Wildman–Crippen LogP) is 2.07. The number of anilines is 1. The molecule has 1 atom stereocenters. The zero-order valence-electron chi connectivity index (χ0n) is 17.3. The molecule has 3 rings (SSSR count). The lowest BCUT2D eigenvalue weighted by atomic mass is 9.80. The Hall–Kier alpha value is -2.69. The van der Waals surface area contributed by atoms with Crippen molar-refractivity contribution in [3.63, 3.8) is 0 Å². The van der Waals surface area contributed by atoms with E-state index in [2.05, 4.69) is 11.1 Å². The van der Waals surface area contributed by atoms with E-state index in [1.54, 1.807) is 18.1 Å². The second-order valence-corrected chi connectivity index (χ2v) is 8.15. The van der Waals surface area contributed by atoms with Crippen LogP contribution in [-0.4, -0.2) is 53.4 Å². The minimum Gasteiger partial charge on any atom is -0.369 e.